The van der Waals surface area contributed by atoms with Gasteiger partial charge in [0.05, 0.1) is 6.61 Å². The zero-order valence-corrected chi connectivity index (χ0v) is 14.9. The Balaban J connectivity index is 1.21. The van der Waals surface area contributed by atoms with Crippen LogP contribution < -0.4 is 0 Å². The Bertz CT molecular complexity index is 304. The molecule has 2 heterocycles. The summed E-state index contributed by atoms with van der Waals surface area (Å²) in [4.78, 5) is 5.32. The van der Waals surface area contributed by atoms with Gasteiger partial charge in [-0.1, -0.05) is 19.3 Å². The summed E-state index contributed by atoms with van der Waals surface area (Å²) in [6.07, 6.45) is 12.1. The van der Waals surface area contributed by atoms with Gasteiger partial charge >= 0.3 is 0 Å². The van der Waals surface area contributed by atoms with E-state index in [9.17, 15) is 0 Å². The molecule has 3 rings (SSSR count). The van der Waals surface area contributed by atoms with Gasteiger partial charge in [0.15, 0.2) is 6.29 Å². The first-order valence-corrected chi connectivity index (χ1v) is 10.1. The Hall–Kier alpha value is -0.160. The van der Waals surface area contributed by atoms with Crippen molar-refractivity contribution in [3.8, 4) is 0 Å². The first-order chi connectivity index (χ1) is 11.4. The van der Waals surface area contributed by atoms with E-state index in [4.69, 9.17) is 9.47 Å². The highest BCUT2D eigenvalue weighted by molar-refractivity contribution is 4.76. The fourth-order valence-electron chi connectivity index (χ4n) is 4.28. The van der Waals surface area contributed by atoms with Crippen molar-refractivity contribution in [2.24, 2.45) is 5.92 Å². The summed E-state index contributed by atoms with van der Waals surface area (Å²) in [5.74, 6) is 0.985. The molecule has 0 spiro atoms. The summed E-state index contributed by atoms with van der Waals surface area (Å²) in [7, 11) is 0. The quantitative estimate of drug-likeness (QED) is 0.672. The van der Waals surface area contributed by atoms with Gasteiger partial charge in [-0.2, -0.15) is 0 Å². The lowest BCUT2D eigenvalue weighted by molar-refractivity contribution is -0.163. The lowest BCUT2D eigenvalue weighted by Crippen LogP contribution is -2.48. The van der Waals surface area contributed by atoms with Gasteiger partial charge in [0.2, 0.25) is 0 Å². The molecule has 1 aliphatic carbocycles. The molecule has 0 aromatic rings. The predicted molar refractivity (Wildman–Crippen MR) is 93.6 cm³/mol. The summed E-state index contributed by atoms with van der Waals surface area (Å²) in [5, 5.41) is 0. The molecule has 134 valence electrons. The fraction of sp³-hybridized carbons (Fsp3) is 1.00. The second-order valence-corrected chi connectivity index (χ2v) is 7.67. The number of rotatable bonds is 7. The van der Waals surface area contributed by atoms with Gasteiger partial charge in [-0.05, 0) is 44.4 Å². The largest absolute Gasteiger partial charge is 0.353 e. The van der Waals surface area contributed by atoms with E-state index in [0.717, 1.165) is 32.0 Å². The summed E-state index contributed by atoms with van der Waals surface area (Å²) in [6.45, 7) is 9.30. The van der Waals surface area contributed by atoms with Crippen molar-refractivity contribution in [2.45, 2.75) is 64.1 Å². The van der Waals surface area contributed by atoms with E-state index in [-0.39, 0.29) is 6.29 Å². The van der Waals surface area contributed by atoms with Gasteiger partial charge in [-0.15, -0.1) is 0 Å². The van der Waals surface area contributed by atoms with Crippen LogP contribution in [0.25, 0.3) is 0 Å². The second kappa shape index (κ2) is 9.97. The van der Waals surface area contributed by atoms with Crippen LogP contribution in [-0.4, -0.2) is 68.6 Å². The zero-order chi connectivity index (χ0) is 15.7. The van der Waals surface area contributed by atoms with Gasteiger partial charge in [-0.3, -0.25) is 0 Å². The predicted octanol–water partition coefficient (Wildman–Crippen LogP) is 3.12. The number of hydrogen-bond donors (Lipinski definition) is 0. The molecule has 0 radical (unpaired) electrons. The van der Waals surface area contributed by atoms with Crippen molar-refractivity contribution >= 4 is 0 Å². The van der Waals surface area contributed by atoms with Crippen molar-refractivity contribution in [1.29, 1.82) is 0 Å². The topological polar surface area (TPSA) is 24.9 Å². The van der Waals surface area contributed by atoms with E-state index >= 15 is 0 Å². The summed E-state index contributed by atoms with van der Waals surface area (Å²) < 4.78 is 11.5. The highest BCUT2D eigenvalue weighted by Crippen LogP contribution is 2.24. The number of piperazine rings is 1. The molecule has 1 atom stereocenters. The third-order valence-corrected chi connectivity index (χ3v) is 5.77. The van der Waals surface area contributed by atoms with Gasteiger partial charge in [0.25, 0.3) is 0 Å². The molecule has 1 unspecified atom stereocenters. The number of nitrogens with zero attached hydrogens (tertiary/aromatic N) is 2. The van der Waals surface area contributed by atoms with Crippen molar-refractivity contribution < 1.29 is 9.47 Å². The van der Waals surface area contributed by atoms with Crippen LogP contribution in [0.1, 0.15) is 57.8 Å². The van der Waals surface area contributed by atoms with E-state index in [2.05, 4.69) is 9.80 Å². The van der Waals surface area contributed by atoms with Crippen molar-refractivity contribution in [1.82, 2.24) is 9.80 Å². The first kappa shape index (κ1) is 17.7. The van der Waals surface area contributed by atoms with Crippen LogP contribution in [0.5, 0.6) is 0 Å². The molecular formula is C19H36N2O2. The van der Waals surface area contributed by atoms with Crippen LogP contribution in [-0.2, 0) is 9.47 Å². The van der Waals surface area contributed by atoms with Crippen LogP contribution in [0.2, 0.25) is 0 Å². The zero-order valence-electron chi connectivity index (χ0n) is 14.9. The van der Waals surface area contributed by atoms with Gasteiger partial charge < -0.3 is 19.3 Å². The van der Waals surface area contributed by atoms with Gasteiger partial charge in [-0.25, -0.2) is 0 Å². The summed E-state index contributed by atoms with van der Waals surface area (Å²) in [6, 6.07) is 0. The highest BCUT2D eigenvalue weighted by Gasteiger charge is 2.21. The van der Waals surface area contributed by atoms with Crippen LogP contribution in [0.3, 0.4) is 0 Å². The molecular weight excluding hydrogens is 288 g/mol. The maximum Gasteiger partial charge on any atom is 0.157 e. The monoisotopic (exact) mass is 324 g/mol. The SMILES string of the molecule is C1CCC(CN2CCN(CCCOC3CCCCO3)CC2)CC1. The molecule has 23 heavy (non-hydrogen) atoms. The minimum Gasteiger partial charge on any atom is -0.353 e. The molecule has 1 saturated carbocycles. The average molecular weight is 325 g/mol. The van der Waals surface area contributed by atoms with Crippen molar-refractivity contribution in [3.63, 3.8) is 0 Å². The smallest absolute Gasteiger partial charge is 0.157 e. The van der Waals surface area contributed by atoms with Crippen molar-refractivity contribution in [2.75, 3.05) is 52.5 Å². The molecule has 0 amide bonds. The second-order valence-electron chi connectivity index (χ2n) is 7.67. The maximum atomic E-state index is 5.84. The Morgan fingerprint density at radius 1 is 0.826 bits per heavy atom. The Morgan fingerprint density at radius 3 is 2.30 bits per heavy atom. The molecule has 0 aromatic heterocycles. The molecule has 4 heteroatoms. The Kier molecular flexibility index (Phi) is 7.66. The van der Waals surface area contributed by atoms with Gasteiger partial charge in [0, 0.05) is 45.9 Å². The Labute approximate surface area is 142 Å². The normalized spacial score (nSPS) is 29.0. The molecule has 0 bridgehead atoms. The van der Waals surface area contributed by atoms with Crippen LogP contribution >= 0.6 is 0 Å². The third-order valence-electron chi connectivity index (χ3n) is 5.77. The molecule has 4 nitrogen and oxygen atoms in total. The minimum atomic E-state index is 0.0797. The molecule has 3 aliphatic rings. The molecule has 0 aromatic carbocycles. The van der Waals surface area contributed by atoms with E-state index in [1.54, 1.807) is 0 Å². The fourth-order valence-corrected chi connectivity index (χ4v) is 4.28. The summed E-state index contributed by atoms with van der Waals surface area (Å²) in [5.41, 5.74) is 0. The Morgan fingerprint density at radius 2 is 1.57 bits per heavy atom. The lowest BCUT2D eigenvalue weighted by Gasteiger charge is -2.37. The minimum absolute atomic E-state index is 0.0797. The standard InChI is InChI=1S/C19H36N2O2/c1-2-7-18(8-3-1)17-21-13-11-20(12-14-21)10-6-16-23-19-9-4-5-15-22-19/h18-19H,1-17H2. The molecule has 2 aliphatic heterocycles. The molecule has 3 fully saturated rings. The number of ether oxygens (including phenoxy) is 2. The van der Waals surface area contributed by atoms with E-state index in [0.29, 0.717) is 0 Å². The van der Waals surface area contributed by atoms with E-state index in [1.165, 1.54) is 84.2 Å². The van der Waals surface area contributed by atoms with Crippen LogP contribution in [0.15, 0.2) is 0 Å². The van der Waals surface area contributed by atoms with E-state index in [1.807, 2.05) is 0 Å². The lowest BCUT2D eigenvalue weighted by atomic mass is 9.89. The highest BCUT2D eigenvalue weighted by atomic mass is 16.7. The summed E-state index contributed by atoms with van der Waals surface area (Å²) >= 11 is 0. The molecule has 2 saturated heterocycles. The van der Waals surface area contributed by atoms with E-state index < -0.39 is 0 Å². The molecule has 0 N–H and O–H groups in total. The first-order valence-electron chi connectivity index (χ1n) is 10.1. The third kappa shape index (κ3) is 6.33. The van der Waals surface area contributed by atoms with Crippen LogP contribution in [0, 0.1) is 5.92 Å². The van der Waals surface area contributed by atoms with Crippen molar-refractivity contribution in [3.05, 3.63) is 0 Å². The number of hydrogen-bond acceptors (Lipinski definition) is 4. The average Bonchev–Trinajstić information content (AvgIpc) is 2.62. The van der Waals surface area contributed by atoms with Crippen LogP contribution in [0.4, 0.5) is 0 Å². The van der Waals surface area contributed by atoms with Gasteiger partial charge in [0.1, 0.15) is 0 Å². The maximum absolute atomic E-state index is 5.84.